The van der Waals surface area contributed by atoms with E-state index in [-0.39, 0.29) is 11.6 Å². The van der Waals surface area contributed by atoms with Gasteiger partial charge in [-0.15, -0.1) is 22.7 Å². The smallest absolute Gasteiger partial charge is 0.350 e. The Labute approximate surface area is 155 Å². The number of carboxylic acids is 1. The van der Waals surface area contributed by atoms with Gasteiger partial charge in [0.2, 0.25) is 0 Å². The summed E-state index contributed by atoms with van der Waals surface area (Å²) in [6, 6.07) is 3.29. The minimum atomic E-state index is -0.967. The lowest BCUT2D eigenvalue weighted by Crippen LogP contribution is -2.11. The van der Waals surface area contributed by atoms with Gasteiger partial charge in [-0.2, -0.15) is 0 Å². The molecule has 0 bridgehead atoms. The Morgan fingerprint density at radius 2 is 1.76 bits per heavy atom. The van der Waals surface area contributed by atoms with Crippen molar-refractivity contribution in [3.8, 4) is 0 Å². The molecule has 0 aromatic carbocycles. The molecule has 12 heteroatoms. The Bertz CT molecular complexity index is 1050. The summed E-state index contributed by atoms with van der Waals surface area (Å²) in [7, 11) is 0. The Balaban J connectivity index is 1.37. The van der Waals surface area contributed by atoms with Crippen LogP contribution in [-0.4, -0.2) is 33.7 Å². The van der Waals surface area contributed by atoms with Crippen molar-refractivity contribution in [1.29, 1.82) is 0 Å². The third-order valence-electron chi connectivity index (χ3n) is 3.03. The fourth-order valence-corrected chi connectivity index (χ4v) is 5.82. The highest BCUT2D eigenvalue weighted by Crippen LogP contribution is 2.33. The Morgan fingerprint density at radius 3 is 2.48 bits per heavy atom. The zero-order chi connectivity index (χ0) is 17.6. The first kappa shape index (κ1) is 16.2. The van der Waals surface area contributed by atoms with Crippen LogP contribution >= 0.6 is 45.3 Å². The predicted octanol–water partition coefficient (Wildman–Crippen LogP) is 3.54. The van der Waals surface area contributed by atoms with Gasteiger partial charge >= 0.3 is 11.9 Å². The van der Waals surface area contributed by atoms with Crippen molar-refractivity contribution in [2.75, 3.05) is 17.8 Å². The molecule has 0 fully saturated rings. The van der Waals surface area contributed by atoms with E-state index in [1.807, 2.05) is 0 Å². The molecule has 0 amide bonds. The van der Waals surface area contributed by atoms with Gasteiger partial charge in [0.05, 0.1) is 9.40 Å². The molecule has 4 N–H and O–H groups in total. The van der Waals surface area contributed by atoms with Gasteiger partial charge < -0.3 is 20.9 Å². The summed E-state index contributed by atoms with van der Waals surface area (Å²) in [6.07, 6.45) is 0. The molecule has 4 aromatic rings. The molecule has 4 rings (SSSR count). The summed E-state index contributed by atoms with van der Waals surface area (Å²) in [5, 5.41) is 12.9. The van der Waals surface area contributed by atoms with Crippen molar-refractivity contribution in [2.24, 2.45) is 0 Å². The summed E-state index contributed by atoms with van der Waals surface area (Å²) >= 11 is 4.96. The summed E-state index contributed by atoms with van der Waals surface area (Å²) in [4.78, 5) is 33.4. The first-order valence-corrected chi connectivity index (χ1v) is 9.96. The molecule has 0 unspecified atom stereocenters. The van der Waals surface area contributed by atoms with E-state index in [0.717, 1.165) is 25.6 Å². The number of nitrogens with two attached hydrogens (primary N) is 1. The number of nitrogens with zero attached hydrogens (tertiary/aromatic N) is 2. The zero-order valence-corrected chi connectivity index (χ0v) is 15.4. The van der Waals surface area contributed by atoms with E-state index in [2.05, 4.69) is 15.3 Å². The molecule has 128 valence electrons. The van der Waals surface area contributed by atoms with Crippen LogP contribution in [0.2, 0.25) is 0 Å². The maximum absolute atomic E-state index is 12.0. The number of carbonyl (C=O) groups is 2. The van der Waals surface area contributed by atoms with Gasteiger partial charge in [0, 0.05) is 0 Å². The number of thiophene rings is 2. The number of carbonyl (C=O) groups excluding carboxylic acids is 1. The molecule has 0 aliphatic carbocycles. The number of aromatic carboxylic acids is 1. The van der Waals surface area contributed by atoms with Crippen molar-refractivity contribution in [3.63, 3.8) is 0 Å². The molecular weight excluding hydrogens is 404 g/mol. The number of aromatic nitrogens is 2. The third kappa shape index (κ3) is 3.16. The number of carboxylic acid groups (broad SMARTS) is 1. The van der Waals surface area contributed by atoms with E-state index < -0.39 is 11.9 Å². The van der Waals surface area contributed by atoms with Gasteiger partial charge in [-0.05, 0) is 12.1 Å². The van der Waals surface area contributed by atoms with Gasteiger partial charge in [0.25, 0.3) is 0 Å². The first-order chi connectivity index (χ1) is 12.0. The second-order valence-corrected chi connectivity index (χ2v) is 8.84. The second kappa shape index (κ2) is 6.22. The molecule has 4 heterocycles. The molecule has 0 spiro atoms. The van der Waals surface area contributed by atoms with Crippen molar-refractivity contribution >= 4 is 86.6 Å². The number of hydrogen-bond acceptors (Lipinski definition) is 11. The highest BCUT2D eigenvalue weighted by Gasteiger charge is 2.15. The van der Waals surface area contributed by atoms with Crippen LogP contribution in [0.5, 0.6) is 0 Å². The molecule has 8 nitrogen and oxygen atoms in total. The summed E-state index contributed by atoms with van der Waals surface area (Å²) < 4.78 is 6.81. The largest absolute Gasteiger partial charge is 0.477 e. The van der Waals surface area contributed by atoms with Gasteiger partial charge in [0.15, 0.2) is 17.0 Å². The average molecular weight is 412 g/mol. The van der Waals surface area contributed by atoms with Crippen molar-refractivity contribution in [3.05, 3.63) is 21.9 Å². The molecule has 0 saturated heterocycles. The van der Waals surface area contributed by atoms with Gasteiger partial charge in [-0.1, -0.05) is 22.7 Å². The molecular formula is C13H8N4O4S4. The Morgan fingerprint density at radius 1 is 1.08 bits per heavy atom. The van der Waals surface area contributed by atoms with Crippen molar-refractivity contribution in [1.82, 2.24) is 9.97 Å². The fraction of sp³-hybridized carbons (Fsp3) is 0.0769. The van der Waals surface area contributed by atoms with Crippen LogP contribution in [0.1, 0.15) is 19.3 Å². The van der Waals surface area contributed by atoms with Crippen LogP contribution in [0.4, 0.5) is 10.3 Å². The number of nitrogens with one attached hydrogen (secondary N) is 1. The van der Waals surface area contributed by atoms with E-state index in [9.17, 15) is 9.59 Å². The minimum absolute atomic E-state index is 0.0352. The lowest BCUT2D eigenvalue weighted by molar-refractivity contribution is 0.0539. The summed E-state index contributed by atoms with van der Waals surface area (Å²) in [5.41, 5.74) is 5.61. The Hall–Kier alpha value is -2.28. The average Bonchev–Trinajstić information content (AvgIpc) is 3.24. The number of esters is 1. The highest BCUT2D eigenvalue weighted by atomic mass is 32.1. The van der Waals surface area contributed by atoms with Crippen LogP contribution in [0.15, 0.2) is 12.1 Å². The van der Waals surface area contributed by atoms with E-state index >= 15 is 0 Å². The van der Waals surface area contributed by atoms with Gasteiger partial charge in [-0.3, -0.25) is 0 Å². The molecule has 4 aromatic heterocycles. The number of nitrogen functional groups attached to an aromatic ring is 1. The number of rotatable bonds is 5. The van der Waals surface area contributed by atoms with Crippen molar-refractivity contribution < 1.29 is 19.4 Å². The maximum atomic E-state index is 12.0. The minimum Gasteiger partial charge on any atom is -0.477 e. The zero-order valence-electron chi connectivity index (χ0n) is 12.1. The molecule has 0 radical (unpaired) electrons. The molecule has 0 atom stereocenters. The number of hydrogen-bond donors (Lipinski definition) is 3. The number of thiazole rings is 2. The first-order valence-electron chi connectivity index (χ1n) is 6.70. The quantitative estimate of drug-likeness (QED) is 0.335. The molecule has 0 saturated carbocycles. The van der Waals surface area contributed by atoms with Gasteiger partial charge in [0.1, 0.15) is 19.4 Å². The SMILES string of the molecule is Nc1nc2sc(C(=O)OCNc3nc4sc(C(=O)O)cc4s3)cc2s1. The van der Waals surface area contributed by atoms with E-state index in [0.29, 0.717) is 20.0 Å². The van der Waals surface area contributed by atoms with E-state index in [1.165, 1.54) is 34.0 Å². The third-order valence-corrected chi connectivity index (χ3v) is 7.11. The van der Waals surface area contributed by atoms with Crippen molar-refractivity contribution in [2.45, 2.75) is 0 Å². The maximum Gasteiger partial charge on any atom is 0.350 e. The summed E-state index contributed by atoms with van der Waals surface area (Å²) in [5.74, 6) is -1.42. The summed E-state index contributed by atoms with van der Waals surface area (Å²) in [6.45, 7) is -0.0352. The fourth-order valence-electron chi connectivity index (χ4n) is 2.00. The van der Waals surface area contributed by atoms with Crippen LogP contribution in [0, 0.1) is 0 Å². The standard InChI is InChI=1S/C13H8N4O4S4/c14-12-16-8-4(24-12)2-7(23-8)11(20)21-3-15-13-17-9-5(25-13)1-6(22-9)10(18)19/h1-2H,3H2,(H2,14,16)(H,15,17)(H,18,19). The monoisotopic (exact) mass is 412 g/mol. The van der Waals surface area contributed by atoms with Gasteiger partial charge in [-0.25, -0.2) is 19.6 Å². The van der Waals surface area contributed by atoms with Crippen LogP contribution in [0.25, 0.3) is 19.1 Å². The number of fused-ring (bicyclic) bond motifs is 2. The van der Waals surface area contributed by atoms with Crippen LogP contribution < -0.4 is 11.1 Å². The van der Waals surface area contributed by atoms with E-state index in [1.54, 1.807) is 12.1 Å². The molecule has 25 heavy (non-hydrogen) atoms. The topological polar surface area (TPSA) is 127 Å². The lowest BCUT2D eigenvalue weighted by Gasteiger charge is -2.03. The predicted molar refractivity (Wildman–Crippen MR) is 100 cm³/mol. The lowest BCUT2D eigenvalue weighted by atomic mass is 10.5. The normalized spacial score (nSPS) is 11.2. The van der Waals surface area contributed by atoms with Crippen LogP contribution in [-0.2, 0) is 4.74 Å². The Kier molecular flexibility index (Phi) is 4.03. The molecule has 0 aliphatic heterocycles. The molecule has 0 aliphatic rings. The second-order valence-electron chi connectivity index (χ2n) is 4.69. The number of ether oxygens (including phenoxy) is 1. The highest BCUT2D eigenvalue weighted by molar-refractivity contribution is 7.30. The van der Waals surface area contributed by atoms with Crippen LogP contribution in [0.3, 0.4) is 0 Å². The number of anilines is 2. The van der Waals surface area contributed by atoms with E-state index in [4.69, 9.17) is 15.6 Å².